The van der Waals surface area contributed by atoms with Crippen molar-refractivity contribution in [3.05, 3.63) is 0 Å². The van der Waals surface area contributed by atoms with Crippen LogP contribution in [0.2, 0.25) is 25.2 Å². The fourth-order valence-corrected chi connectivity index (χ4v) is 8.53. The highest BCUT2D eigenvalue weighted by atomic mass is 28.4. The summed E-state index contributed by atoms with van der Waals surface area (Å²) in [6.07, 6.45) is 1.75. The summed E-state index contributed by atoms with van der Waals surface area (Å²) in [6, 6.07) is 1.77. The summed E-state index contributed by atoms with van der Waals surface area (Å²) in [5.74, 6) is -0.122. The summed E-state index contributed by atoms with van der Waals surface area (Å²) in [5.41, 5.74) is -0.476. The molecule has 7 nitrogen and oxygen atoms in total. The van der Waals surface area contributed by atoms with E-state index in [1.165, 1.54) is 0 Å². The molecule has 9 heteroatoms. The predicted molar refractivity (Wildman–Crippen MR) is 120 cm³/mol. The van der Waals surface area contributed by atoms with Crippen molar-refractivity contribution in [2.24, 2.45) is 0 Å². The Labute approximate surface area is 179 Å². The zero-order chi connectivity index (χ0) is 22.0. The summed E-state index contributed by atoms with van der Waals surface area (Å²) >= 11 is 0. The third-order valence-corrected chi connectivity index (χ3v) is 11.5. The van der Waals surface area contributed by atoms with Crippen LogP contribution in [-0.2, 0) is 27.2 Å². The second kappa shape index (κ2) is 12.5. The largest absolute Gasteiger partial charge is 0.464 e. The Kier molecular flexibility index (Phi) is 11.6. The van der Waals surface area contributed by atoms with Gasteiger partial charge in [0, 0.05) is 33.0 Å². The maximum atomic E-state index is 12.5. The number of rotatable bonds is 17. The quantitative estimate of drug-likeness (QED) is 0.145. The molecule has 2 atom stereocenters. The molecule has 2 unspecified atom stereocenters. The average molecular weight is 450 g/mol. The highest BCUT2D eigenvalue weighted by Crippen LogP contribution is 2.34. The van der Waals surface area contributed by atoms with E-state index in [0.29, 0.717) is 33.0 Å². The molecule has 0 spiro atoms. The number of carbonyl (C=O) groups excluding carboxylic acids is 1. The van der Waals surface area contributed by atoms with Crippen LogP contribution in [0.25, 0.3) is 0 Å². The van der Waals surface area contributed by atoms with Gasteiger partial charge >= 0.3 is 23.1 Å². The zero-order valence-corrected chi connectivity index (χ0v) is 21.7. The molecule has 0 aliphatic carbocycles. The van der Waals surface area contributed by atoms with Gasteiger partial charge in [-0.05, 0) is 79.2 Å². The molecular formula is C20H43NO6Si2. The first-order valence-electron chi connectivity index (χ1n) is 11.2. The van der Waals surface area contributed by atoms with Crippen molar-refractivity contribution in [3.63, 3.8) is 0 Å². The first-order valence-corrected chi connectivity index (χ1v) is 16.2. The minimum atomic E-state index is -2.14. The summed E-state index contributed by atoms with van der Waals surface area (Å²) < 4.78 is 29.0. The van der Waals surface area contributed by atoms with Crippen molar-refractivity contribution < 1.29 is 27.2 Å². The number of hydrogen-bond donors (Lipinski definition) is 0. The third kappa shape index (κ3) is 8.76. The van der Waals surface area contributed by atoms with Crippen LogP contribution in [0.5, 0.6) is 0 Å². The standard InChI is InChI=1S/C20H43NO6Si2/c1-8-24-28(6,25-9-2)16-12-14-21-18-20(21,5)19(22)23-15-13-17-29(7,26-10-3)27-11-4/h8-18H2,1-7H3. The molecule has 1 aliphatic heterocycles. The summed E-state index contributed by atoms with van der Waals surface area (Å²) in [6.45, 7) is 18.9. The molecule has 172 valence electrons. The van der Waals surface area contributed by atoms with Crippen molar-refractivity contribution in [1.29, 1.82) is 0 Å². The monoisotopic (exact) mass is 449 g/mol. The Bertz CT molecular complexity index is 484. The van der Waals surface area contributed by atoms with Gasteiger partial charge in [-0.1, -0.05) is 0 Å². The fraction of sp³-hybridized carbons (Fsp3) is 0.950. The van der Waals surface area contributed by atoms with Crippen LogP contribution in [0.4, 0.5) is 0 Å². The average Bonchev–Trinajstić information content (AvgIpc) is 3.31. The fourth-order valence-electron chi connectivity index (χ4n) is 3.75. The highest BCUT2D eigenvalue weighted by Gasteiger charge is 2.55. The smallest absolute Gasteiger partial charge is 0.335 e. The van der Waals surface area contributed by atoms with Crippen LogP contribution in [0, 0.1) is 0 Å². The van der Waals surface area contributed by atoms with Gasteiger partial charge in [0.05, 0.1) is 6.61 Å². The molecule has 0 aromatic heterocycles. The van der Waals surface area contributed by atoms with Gasteiger partial charge in [-0.3, -0.25) is 9.69 Å². The van der Waals surface area contributed by atoms with Gasteiger partial charge in [0.15, 0.2) is 0 Å². The molecule has 1 aliphatic rings. The van der Waals surface area contributed by atoms with E-state index in [0.717, 1.165) is 38.0 Å². The lowest BCUT2D eigenvalue weighted by atomic mass is 10.2. The minimum Gasteiger partial charge on any atom is -0.464 e. The lowest BCUT2D eigenvalue weighted by molar-refractivity contribution is -0.147. The third-order valence-electron chi connectivity index (χ3n) is 5.40. The van der Waals surface area contributed by atoms with E-state index in [-0.39, 0.29) is 5.97 Å². The summed E-state index contributed by atoms with van der Waals surface area (Å²) in [5, 5.41) is 0. The lowest BCUT2D eigenvalue weighted by Crippen LogP contribution is -2.39. The molecule has 1 fully saturated rings. The number of ether oxygens (including phenoxy) is 1. The van der Waals surface area contributed by atoms with Crippen molar-refractivity contribution in [2.75, 3.05) is 46.1 Å². The van der Waals surface area contributed by atoms with Crippen LogP contribution >= 0.6 is 0 Å². The Morgan fingerprint density at radius 3 is 1.76 bits per heavy atom. The molecule has 1 heterocycles. The van der Waals surface area contributed by atoms with Crippen LogP contribution in [0.1, 0.15) is 47.5 Å². The zero-order valence-electron chi connectivity index (χ0n) is 19.7. The maximum absolute atomic E-state index is 12.5. The molecule has 1 saturated heterocycles. The van der Waals surface area contributed by atoms with Gasteiger partial charge in [-0.2, -0.15) is 0 Å². The molecule has 0 N–H and O–H groups in total. The first kappa shape index (κ1) is 26.7. The summed E-state index contributed by atoms with van der Waals surface area (Å²) in [4.78, 5) is 14.7. The van der Waals surface area contributed by atoms with Gasteiger partial charge in [0.25, 0.3) is 0 Å². The van der Waals surface area contributed by atoms with Crippen molar-refractivity contribution in [1.82, 2.24) is 4.90 Å². The number of carbonyl (C=O) groups is 1. The van der Waals surface area contributed by atoms with E-state index >= 15 is 0 Å². The Hall–Kier alpha value is -0.296. The molecule has 0 radical (unpaired) electrons. The predicted octanol–water partition coefficient (Wildman–Crippen LogP) is 3.67. The second-order valence-electron chi connectivity index (χ2n) is 8.04. The molecule has 0 aromatic rings. The van der Waals surface area contributed by atoms with E-state index in [9.17, 15) is 4.79 Å². The normalized spacial score (nSPS) is 22.0. The van der Waals surface area contributed by atoms with Crippen LogP contribution in [0.3, 0.4) is 0 Å². The van der Waals surface area contributed by atoms with Gasteiger partial charge in [0.2, 0.25) is 0 Å². The molecular weight excluding hydrogens is 406 g/mol. The molecule has 0 bridgehead atoms. The van der Waals surface area contributed by atoms with Crippen LogP contribution in [-0.4, -0.2) is 79.7 Å². The molecule has 29 heavy (non-hydrogen) atoms. The second-order valence-corrected chi connectivity index (χ2v) is 14.7. The Morgan fingerprint density at radius 1 is 0.862 bits per heavy atom. The lowest BCUT2D eigenvalue weighted by Gasteiger charge is -2.26. The van der Waals surface area contributed by atoms with Crippen molar-refractivity contribution in [2.45, 2.75) is 78.2 Å². The Morgan fingerprint density at radius 2 is 1.31 bits per heavy atom. The van der Waals surface area contributed by atoms with Crippen LogP contribution in [0.15, 0.2) is 0 Å². The Balaban J connectivity index is 2.32. The van der Waals surface area contributed by atoms with Crippen LogP contribution < -0.4 is 0 Å². The van der Waals surface area contributed by atoms with Gasteiger partial charge in [-0.25, -0.2) is 0 Å². The van der Waals surface area contributed by atoms with E-state index in [2.05, 4.69) is 18.0 Å². The maximum Gasteiger partial charge on any atom is 0.335 e. The van der Waals surface area contributed by atoms with Gasteiger partial charge in [0.1, 0.15) is 5.54 Å². The topological polar surface area (TPSA) is 66.2 Å². The number of hydrogen-bond acceptors (Lipinski definition) is 7. The molecule has 0 aromatic carbocycles. The van der Waals surface area contributed by atoms with Crippen molar-refractivity contribution in [3.8, 4) is 0 Å². The first-order chi connectivity index (χ1) is 13.7. The molecule has 0 saturated carbocycles. The van der Waals surface area contributed by atoms with E-state index < -0.39 is 22.7 Å². The number of nitrogens with zero attached hydrogens (tertiary/aromatic N) is 1. The highest BCUT2D eigenvalue weighted by molar-refractivity contribution is 6.66. The summed E-state index contributed by atoms with van der Waals surface area (Å²) in [7, 11) is -4.22. The van der Waals surface area contributed by atoms with E-state index in [1.807, 2.05) is 34.6 Å². The van der Waals surface area contributed by atoms with Crippen molar-refractivity contribution >= 4 is 23.1 Å². The molecule has 1 rings (SSSR count). The SMILES string of the molecule is CCO[Si](C)(CCCOC(=O)C1(C)CN1CCC[Si](C)(OCC)OCC)OCC. The van der Waals surface area contributed by atoms with E-state index in [1.54, 1.807) is 0 Å². The van der Waals surface area contributed by atoms with Gasteiger partial charge in [-0.15, -0.1) is 0 Å². The minimum absolute atomic E-state index is 0.122. The number of esters is 1. The van der Waals surface area contributed by atoms with E-state index in [4.69, 9.17) is 22.4 Å². The molecule has 0 amide bonds. The van der Waals surface area contributed by atoms with Gasteiger partial charge < -0.3 is 22.4 Å².